The lowest BCUT2D eigenvalue weighted by molar-refractivity contribution is 0.0971. The fraction of sp³-hybridized carbons (Fsp3) is 0.368. The maximum Gasteiger partial charge on any atom is 0.280 e. The predicted octanol–water partition coefficient (Wildman–Crippen LogP) is 2.61. The van der Waals surface area contributed by atoms with Gasteiger partial charge in [-0.1, -0.05) is 18.2 Å². The van der Waals surface area contributed by atoms with E-state index in [1.165, 1.54) is 5.56 Å². The van der Waals surface area contributed by atoms with E-state index in [-0.39, 0.29) is 5.91 Å². The lowest BCUT2D eigenvalue weighted by Gasteiger charge is -2.29. The van der Waals surface area contributed by atoms with Gasteiger partial charge >= 0.3 is 0 Å². The molecule has 1 atom stereocenters. The molecule has 1 aliphatic rings. The van der Waals surface area contributed by atoms with Crippen molar-refractivity contribution in [2.24, 2.45) is 0 Å². The van der Waals surface area contributed by atoms with E-state index in [1.807, 2.05) is 23.1 Å². The molecule has 0 saturated heterocycles. The first-order valence-corrected chi connectivity index (χ1v) is 8.17. The number of methoxy groups -OCH3 is 1. The predicted molar refractivity (Wildman–Crippen MR) is 94.7 cm³/mol. The molecule has 1 amide bonds. The van der Waals surface area contributed by atoms with E-state index in [9.17, 15) is 4.79 Å². The van der Waals surface area contributed by atoms with Crippen LogP contribution >= 0.6 is 0 Å². The van der Waals surface area contributed by atoms with Gasteiger partial charge in [0.15, 0.2) is 5.69 Å². The fourth-order valence-corrected chi connectivity index (χ4v) is 3.17. The smallest absolute Gasteiger partial charge is 0.280 e. The second-order valence-electron chi connectivity index (χ2n) is 6.25. The zero-order valence-electron chi connectivity index (χ0n) is 14.4. The average molecular weight is 325 g/mol. The molecule has 0 bridgehead atoms. The Balaban J connectivity index is 2.03. The number of pyridine rings is 1. The van der Waals surface area contributed by atoms with Gasteiger partial charge < -0.3 is 14.5 Å². The van der Waals surface area contributed by atoms with Crippen molar-refractivity contribution in [2.75, 3.05) is 32.6 Å². The summed E-state index contributed by atoms with van der Waals surface area (Å²) in [5.41, 5.74) is 2.53. The number of carbonyl (C=O) groups excluding carboxylic acids is 1. The lowest BCUT2D eigenvalue weighted by Crippen LogP contribution is -2.42. The summed E-state index contributed by atoms with van der Waals surface area (Å²) in [5, 5.41) is 0. The van der Waals surface area contributed by atoms with Crippen molar-refractivity contribution in [1.29, 1.82) is 0 Å². The number of fused-ring (bicyclic) bond motifs is 1. The van der Waals surface area contributed by atoms with Crippen molar-refractivity contribution < 1.29 is 9.53 Å². The number of ether oxygens (including phenoxy) is 1. The first-order valence-electron chi connectivity index (χ1n) is 8.17. The van der Waals surface area contributed by atoms with Crippen LogP contribution in [0.2, 0.25) is 0 Å². The van der Waals surface area contributed by atoms with Gasteiger partial charge in [0.05, 0.1) is 7.11 Å². The Bertz CT molecular complexity index is 730. The van der Waals surface area contributed by atoms with E-state index in [4.69, 9.17) is 4.74 Å². The van der Waals surface area contributed by atoms with Crippen LogP contribution in [0.1, 0.15) is 22.5 Å². The number of amides is 1. The molecule has 5 nitrogen and oxygen atoms in total. The van der Waals surface area contributed by atoms with Crippen LogP contribution in [0, 0.1) is 0 Å². The summed E-state index contributed by atoms with van der Waals surface area (Å²) in [5.74, 6) is 0.388. The van der Waals surface area contributed by atoms with Crippen molar-refractivity contribution in [1.82, 2.24) is 9.88 Å². The Kier molecular flexibility index (Phi) is 4.81. The Hall–Kier alpha value is -2.40. The molecule has 0 N–H and O–H groups in total. The number of rotatable bonds is 3. The number of aryl methyl sites for hydroxylation is 1. The number of aromatic nitrogens is 1. The Morgan fingerprint density at radius 2 is 2.04 bits per heavy atom. The number of benzene rings is 1. The van der Waals surface area contributed by atoms with Gasteiger partial charge in [-0.25, -0.2) is 4.98 Å². The standard InChI is InChI=1S/C19H23N3O2/c1-21(2)15-11-10-14-7-4-5-8-16(14)22(13-15)19(23)18-17(24-3)9-6-12-20-18/h4-9,12,15H,10-11,13H2,1-3H3. The minimum atomic E-state index is -0.117. The van der Waals surface area contributed by atoms with E-state index < -0.39 is 0 Å². The maximum atomic E-state index is 13.2. The summed E-state index contributed by atoms with van der Waals surface area (Å²) in [6.45, 7) is 0.641. The highest BCUT2D eigenvalue weighted by atomic mass is 16.5. The van der Waals surface area contributed by atoms with Gasteiger partial charge in [0.1, 0.15) is 5.75 Å². The summed E-state index contributed by atoms with van der Waals surface area (Å²) < 4.78 is 5.33. The summed E-state index contributed by atoms with van der Waals surface area (Å²) in [4.78, 5) is 21.5. The number of para-hydroxylation sites is 1. The molecule has 2 heterocycles. The maximum absolute atomic E-state index is 13.2. The molecule has 126 valence electrons. The fourth-order valence-electron chi connectivity index (χ4n) is 3.17. The molecule has 5 heteroatoms. The molecule has 0 saturated carbocycles. The van der Waals surface area contributed by atoms with Crippen molar-refractivity contribution in [3.8, 4) is 5.75 Å². The van der Waals surface area contributed by atoms with E-state index in [0.717, 1.165) is 18.5 Å². The molecular weight excluding hydrogens is 302 g/mol. The van der Waals surface area contributed by atoms with Gasteiger partial charge in [0, 0.05) is 24.5 Å². The van der Waals surface area contributed by atoms with Crippen LogP contribution in [0.4, 0.5) is 5.69 Å². The summed E-state index contributed by atoms with van der Waals surface area (Å²) in [7, 11) is 5.68. The van der Waals surface area contributed by atoms with Crippen LogP contribution < -0.4 is 9.64 Å². The topological polar surface area (TPSA) is 45.7 Å². The van der Waals surface area contributed by atoms with Gasteiger partial charge in [-0.2, -0.15) is 0 Å². The molecule has 1 aromatic heterocycles. The van der Waals surface area contributed by atoms with Crippen molar-refractivity contribution in [3.63, 3.8) is 0 Å². The third-order valence-corrected chi connectivity index (χ3v) is 4.59. The Morgan fingerprint density at radius 1 is 1.25 bits per heavy atom. The van der Waals surface area contributed by atoms with Crippen LogP contribution in [-0.2, 0) is 6.42 Å². The van der Waals surface area contributed by atoms with Crippen LogP contribution in [0.5, 0.6) is 5.75 Å². The molecule has 1 aromatic carbocycles. The third-order valence-electron chi connectivity index (χ3n) is 4.59. The number of hydrogen-bond donors (Lipinski definition) is 0. The lowest BCUT2D eigenvalue weighted by atomic mass is 10.1. The van der Waals surface area contributed by atoms with Crippen LogP contribution in [0.25, 0.3) is 0 Å². The molecule has 0 spiro atoms. The highest BCUT2D eigenvalue weighted by molar-refractivity contribution is 6.07. The van der Waals surface area contributed by atoms with E-state index in [0.29, 0.717) is 24.0 Å². The minimum Gasteiger partial charge on any atom is -0.494 e. The quantitative estimate of drug-likeness (QED) is 0.870. The summed E-state index contributed by atoms with van der Waals surface area (Å²) in [6, 6.07) is 12.0. The molecular formula is C19H23N3O2. The highest BCUT2D eigenvalue weighted by Gasteiger charge is 2.29. The molecule has 2 aromatic rings. The number of likely N-dealkylation sites (N-methyl/N-ethyl adjacent to an activating group) is 1. The second-order valence-corrected chi connectivity index (χ2v) is 6.25. The van der Waals surface area contributed by atoms with Crippen molar-refractivity contribution in [2.45, 2.75) is 18.9 Å². The SMILES string of the molecule is COc1cccnc1C(=O)N1CC(N(C)C)CCc2ccccc21. The van der Waals surface area contributed by atoms with E-state index >= 15 is 0 Å². The highest BCUT2D eigenvalue weighted by Crippen LogP contribution is 2.29. The van der Waals surface area contributed by atoms with Gasteiger partial charge in [-0.05, 0) is 50.7 Å². The molecule has 3 rings (SSSR count). The second kappa shape index (κ2) is 7.01. The van der Waals surface area contributed by atoms with E-state index in [1.54, 1.807) is 25.4 Å². The van der Waals surface area contributed by atoms with Crippen molar-refractivity contribution in [3.05, 3.63) is 53.9 Å². The zero-order valence-corrected chi connectivity index (χ0v) is 14.4. The zero-order chi connectivity index (χ0) is 17.1. The van der Waals surface area contributed by atoms with Crippen molar-refractivity contribution >= 4 is 11.6 Å². The van der Waals surface area contributed by atoms with Crippen LogP contribution in [-0.4, -0.2) is 49.6 Å². The van der Waals surface area contributed by atoms with Gasteiger partial charge in [-0.3, -0.25) is 4.79 Å². The number of anilines is 1. The Labute approximate surface area is 142 Å². The largest absolute Gasteiger partial charge is 0.494 e. The van der Waals surface area contributed by atoms with Crippen LogP contribution in [0.15, 0.2) is 42.6 Å². The average Bonchev–Trinajstić information content (AvgIpc) is 2.81. The van der Waals surface area contributed by atoms with Gasteiger partial charge in [0.2, 0.25) is 0 Å². The monoisotopic (exact) mass is 325 g/mol. The van der Waals surface area contributed by atoms with Gasteiger partial charge in [-0.15, -0.1) is 0 Å². The normalized spacial score (nSPS) is 17.3. The summed E-state index contributed by atoms with van der Waals surface area (Å²) in [6.07, 6.45) is 3.61. The van der Waals surface area contributed by atoms with Crippen LogP contribution in [0.3, 0.4) is 0 Å². The molecule has 0 aliphatic carbocycles. The first-order chi connectivity index (χ1) is 11.6. The summed E-state index contributed by atoms with van der Waals surface area (Å²) >= 11 is 0. The molecule has 0 fully saturated rings. The Morgan fingerprint density at radius 3 is 2.79 bits per heavy atom. The van der Waals surface area contributed by atoms with Gasteiger partial charge in [0.25, 0.3) is 5.91 Å². The molecule has 1 unspecified atom stereocenters. The van der Waals surface area contributed by atoms with E-state index in [2.05, 4.69) is 30.0 Å². The molecule has 24 heavy (non-hydrogen) atoms. The third kappa shape index (κ3) is 3.12. The first kappa shape index (κ1) is 16.5. The number of carbonyl (C=O) groups is 1. The number of nitrogens with zero attached hydrogens (tertiary/aromatic N) is 3. The molecule has 1 aliphatic heterocycles. The minimum absolute atomic E-state index is 0.117. The number of hydrogen-bond acceptors (Lipinski definition) is 4. The molecule has 0 radical (unpaired) electrons.